The Balaban J connectivity index is 1.92. The summed E-state index contributed by atoms with van der Waals surface area (Å²) in [5.41, 5.74) is 0. The van der Waals surface area contributed by atoms with Crippen LogP contribution in [0.25, 0.3) is 0 Å². The number of methoxy groups -OCH3 is 1. The van der Waals surface area contributed by atoms with Gasteiger partial charge in [-0.2, -0.15) is 0 Å². The van der Waals surface area contributed by atoms with Gasteiger partial charge in [0.2, 0.25) is 11.8 Å². The highest BCUT2D eigenvalue weighted by atomic mass is 16.5. The molecule has 1 aliphatic rings. The van der Waals surface area contributed by atoms with Crippen LogP contribution in [0, 0.1) is 5.92 Å². The summed E-state index contributed by atoms with van der Waals surface area (Å²) in [6.45, 7) is 6.06. The fourth-order valence-electron chi connectivity index (χ4n) is 2.81. The van der Waals surface area contributed by atoms with Gasteiger partial charge in [0.05, 0.1) is 19.1 Å². The Morgan fingerprint density at radius 2 is 2.17 bits per heavy atom. The molecule has 0 saturated carbocycles. The Morgan fingerprint density at radius 3 is 2.79 bits per heavy atom. The second-order valence-corrected chi connectivity index (χ2v) is 5.92. The van der Waals surface area contributed by atoms with Crippen molar-refractivity contribution >= 4 is 5.97 Å². The Labute approximate surface area is 142 Å². The van der Waals surface area contributed by atoms with E-state index in [-0.39, 0.29) is 12.0 Å². The first-order valence-corrected chi connectivity index (χ1v) is 8.21. The van der Waals surface area contributed by atoms with Gasteiger partial charge in [-0.1, -0.05) is 6.08 Å². The van der Waals surface area contributed by atoms with Crippen LogP contribution in [0.1, 0.15) is 25.7 Å². The Bertz CT molecular complexity index is 544. The van der Waals surface area contributed by atoms with Crippen molar-refractivity contribution in [2.24, 2.45) is 5.92 Å². The lowest BCUT2D eigenvalue weighted by Gasteiger charge is -2.32. The minimum Gasteiger partial charge on any atom is -0.481 e. The molecule has 1 saturated heterocycles. The monoisotopic (exact) mass is 335 g/mol. The van der Waals surface area contributed by atoms with Crippen LogP contribution < -0.4 is 9.47 Å². The van der Waals surface area contributed by atoms with E-state index >= 15 is 0 Å². The molecular formula is C17H25N3O4. The lowest BCUT2D eigenvalue weighted by atomic mass is 9.97. The Morgan fingerprint density at radius 1 is 1.46 bits per heavy atom. The van der Waals surface area contributed by atoms with Gasteiger partial charge in [0.15, 0.2) is 0 Å². The van der Waals surface area contributed by atoms with Gasteiger partial charge in [-0.05, 0) is 38.8 Å². The van der Waals surface area contributed by atoms with Crippen LogP contribution in [-0.2, 0) is 4.79 Å². The zero-order chi connectivity index (χ0) is 17.4. The molecule has 132 valence electrons. The van der Waals surface area contributed by atoms with Crippen LogP contribution in [-0.4, -0.2) is 58.8 Å². The fraction of sp³-hybridized carbons (Fsp3) is 0.588. The topological polar surface area (TPSA) is 84.8 Å². The van der Waals surface area contributed by atoms with E-state index < -0.39 is 5.97 Å². The van der Waals surface area contributed by atoms with E-state index in [0.29, 0.717) is 24.6 Å². The van der Waals surface area contributed by atoms with Crippen LogP contribution in [0.3, 0.4) is 0 Å². The smallest absolute Gasteiger partial charge is 0.306 e. The van der Waals surface area contributed by atoms with Crippen molar-refractivity contribution in [1.29, 1.82) is 0 Å². The van der Waals surface area contributed by atoms with E-state index in [1.807, 2.05) is 6.08 Å². The number of likely N-dealkylation sites (tertiary alicyclic amines) is 1. The van der Waals surface area contributed by atoms with E-state index in [1.165, 1.54) is 6.33 Å². The number of aliphatic carboxylic acids is 1. The quantitative estimate of drug-likeness (QED) is 0.691. The summed E-state index contributed by atoms with van der Waals surface area (Å²) in [7, 11) is 1.55. The molecule has 7 nitrogen and oxygen atoms in total. The normalized spacial score (nSPS) is 17.2. The van der Waals surface area contributed by atoms with Crippen molar-refractivity contribution in [2.75, 3.05) is 26.7 Å². The molecule has 0 unspecified atom stereocenters. The molecule has 0 aromatic carbocycles. The second-order valence-electron chi connectivity index (χ2n) is 5.92. The van der Waals surface area contributed by atoms with Crippen LogP contribution >= 0.6 is 0 Å². The van der Waals surface area contributed by atoms with E-state index in [2.05, 4.69) is 21.4 Å². The molecule has 2 rings (SSSR count). The molecule has 0 aliphatic carbocycles. The number of nitrogens with zero attached hydrogens (tertiary/aromatic N) is 3. The molecule has 0 amide bonds. The lowest BCUT2D eigenvalue weighted by molar-refractivity contribution is -0.143. The number of rotatable bonds is 9. The van der Waals surface area contributed by atoms with Crippen molar-refractivity contribution in [1.82, 2.24) is 14.9 Å². The fourth-order valence-corrected chi connectivity index (χ4v) is 2.81. The highest BCUT2D eigenvalue weighted by Crippen LogP contribution is 2.20. The predicted molar refractivity (Wildman–Crippen MR) is 89.2 cm³/mol. The standard InChI is InChI=1S/C17H25N3O4/c1-3-4-5-14(24-16-10-15(23-2)18-12-19-16)11-20-8-6-13(7-9-20)17(21)22/h3,10,12-14H,1,4-9,11H2,2H3,(H,21,22)/t14-/m0/s1. The number of carbonyl (C=O) groups is 1. The molecule has 0 spiro atoms. The van der Waals surface area contributed by atoms with Gasteiger partial charge in [0, 0.05) is 6.54 Å². The van der Waals surface area contributed by atoms with E-state index in [1.54, 1.807) is 13.2 Å². The number of hydrogen-bond acceptors (Lipinski definition) is 6. The van der Waals surface area contributed by atoms with E-state index in [9.17, 15) is 4.79 Å². The van der Waals surface area contributed by atoms with Gasteiger partial charge in [-0.3, -0.25) is 9.69 Å². The van der Waals surface area contributed by atoms with Gasteiger partial charge >= 0.3 is 5.97 Å². The van der Waals surface area contributed by atoms with Crippen LogP contribution in [0.4, 0.5) is 0 Å². The molecular weight excluding hydrogens is 310 g/mol. The molecule has 0 radical (unpaired) electrons. The van der Waals surface area contributed by atoms with Gasteiger partial charge < -0.3 is 14.6 Å². The molecule has 1 aromatic heterocycles. The Kier molecular flexibility index (Phi) is 6.99. The molecule has 1 aromatic rings. The Hall–Kier alpha value is -2.15. The number of hydrogen-bond donors (Lipinski definition) is 1. The number of carboxylic acid groups (broad SMARTS) is 1. The molecule has 2 heterocycles. The predicted octanol–water partition coefficient (Wildman–Crippen LogP) is 2.00. The third-order valence-electron chi connectivity index (χ3n) is 4.20. The lowest BCUT2D eigenvalue weighted by Crippen LogP contribution is -2.42. The minimum atomic E-state index is -0.692. The first kappa shape index (κ1) is 18.2. The molecule has 1 fully saturated rings. The van der Waals surface area contributed by atoms with Gasteiger partial charge in [0.25, 0.3) is 0 Å². The molecule has 1 N–H and O–H groups in total. The zero-order valence-corrected chi connectivity index (χ0v) is 14.1. The number of allylic oxidation sites excluding steroid dienone is 1. The largest absolute Gasteiger partial charge is 0.481 e. The average Bonchev–Trinajstić information content (AvgIpc) is 2.60. The molecule has 0 bridgehead atoms. The molecule has 7 heteroatoms. The molecule has 1 aliphatic heterocycles. The number of ether oxygens (including phenoxy) is 2. The zero-order valence-electron chi connectivity index (χ0n) is 14.1. The summed E-state index contributed by atoms with van der Waals surface area (Å²) in [5, 5.41) is 9.09. The summed E-state index contributed by atoms with van der Waals surface area (Å²) in [6.07, 6.45) is 6.29. The third kappa shape index (κ3) is 5.49. The van der Waals surface area contributed by atoms with Crippen LogP contribution in [0.15, 0.2) is 25.0 Å². The van der Waals surface area contributed by atoms with Crippen LogP contribution in [0.5, 0.6) is 11.8 Å². The van der Waals surface area contributed by atoms with Gasteiger partial charge in [0.1, 0.15) is 12.4 Å². The number of aromatic nitrogens is 2. The summed E-state index contributed by atoms with van der Waals surface area (Å²) >= 11 is 0. The van der Waals surface area contributed by atoms with E-state index in [4.69, 9.17) is 14.6 Å². The summed E-state index contributed by atoms with van der Waals surface area (Å²) < 4.78 is 11.1. The summed E-state index contributed by atoms with van der Waals surface area (Å²) in [5.74, 6) is 0.0307. The van der Waals surface area contributed by atoms with Crippen molar-refractivity contribution < 1.29 is 19.4 Å². The van der Waals surface area contributed by atoms with Crippen molar-refractivity contribution in [3.8, 4) is 11.8 Å². The highest BCUT2D eigenvalue weighted by molar-refractivity contribution is 5.70. The van der Waals surface area contributed by atoms with Crippen LogP contribution in [0.2, 0.25) is 0 Å². The number of piperidine rings is 1. The molecule has 1 atom stereocenters. The second kappa shape index (κ2) is 9.22. The maximum Gasteiger partial charge on any atom is 0.306 e. The van der Waals surface area contributed by atoms with Crippen molar-refractivity contribution in [2.45, 2.75) is 31.8 Å². The summed E-state index contributed by atoms with van der Waals surface area (Å²) in [4.78, 5) is 21.4. The van der Waals surface area contributed by atoms with Crippen molar-refractivity contribution in [3.05, 3.63) is 25.0 Å². The average molecular weight is 335 g/mol. The third-order valence-corrected chi connectivity index (χ3v) is 4.20. The first-order chi connectivity index (χ1) is 11.6. The van der Waals surface area contributed by atoms with Gasteiger partial charge in [-0.25, -0.2) is 9.97 Å². The molecule has 24 heavy (non-hydrogen) atoms. The first-order valence-electron chi connectivity index (χ1n) is 8.21. The minimum absolute atomic E-state index is 0.0380. The van der Waals surface area contributed by atoms with Gasteiger partial charge in [-0.15, -0.1) is 6.58 Å². The number of carboxylic acids is 1. The maximum absolute atomic E-state index is 11.0. The van der Waals surface area contributed by atoms with E-state index in [0.717, 1.165) is 32.5 Å². The highest BCUT2D eigenvalue weighted by Gasteiger charge is 2.26. The van der Waals surface area contributed by atoms with Crippen molar-refractivity contribution in [3.63, 3.8) is 0 Å². The summed E-state index contributed by atoms with van der Waals surface area (Å²) in [6, 6.07) is 1.66. The SMILES string of the molecule is C=CCC[C@@H](CN1CCC(C(=O)O)CC1)Oc1cc(OC)ncn1. The maximum atomic E-state index is 11.0.